The van der Waals surface area contributed by atoms with E-state index in [2.05, 4.69) is 6.92 Å². The molecule has 0 saturated carbocycles. The molecule has 0 heterocycles. The molecule has 0 spiro atoms. The van der Waals surface area contributed by atoms with E-state index in [1.165, 1.54) is 71.1 Å². The molecular formula is C16H31ClO2. The lowest BCUT2D eigenvalue weighted by Gasteiger charge is -2.08. The number of alkyl halides is 1. The van der Waals surface area contributed by atoms with E-state index < -0.39 is 0 Å². The average molecular weight is 291 g/mol. The van der Waals surface area contributed by atoms with Gasteiger partial charge in [-0.1, -0.05) is 58.3 Å². The fourth-order valence-electron chi connectivity index (χ4n) is 2.14. The standard InChI is InChI=1S/C16H31ClO2/c1-3-4-12-16(17)13-10-8-6-5-7-9-11-14-19-15(2)18/h16H,3-14H2,1-2H3. The van der Waals surface area contributed by atoms with Gasteiger partial charge in [-0.3, -0.25) is 4.79 Å². The second kappa shape index (κ2) is 14.2. The molecule has 0 aromatic rings. The molecular weight excluding hydrogens is 260 g/mol. The van der Waals surface area contributed by atoms with E-state index in [9.17, 15) is 4.79 Å². The van der Waals surface area contributed by atoms with Gasteiger partial charge >= 0.3 is 5.97 Å². The fraction of sp³-hybridized carbons (Fsp3) is 0.938. The third-order valence-electron chi connectivity index (χ3n) is 3.34. The third kappa shape index (κ3) is 15.7. The lowest BCUT2D eigenvalue weighted by atomic mass is 10.1. The first-order valence-corrected chi connectivity index (χ1v) is 8.38. The van der Waals surface area contributed by atoms with E-state index in [1.54, 1.807) is 0 Å². The third-order valence-corrected chi connectivity index (χ3v) is 3.77. The van der Waals surface area contributed by atoms with E-state index in [-0.39, 0.29) is 5.97 Å². The summed E-state index contributed by atoms with van der Waals surface area (Å²) in [5.41, 5.74) is 0. The fourth-order valence-corrected chi connectivity index (χ4v) is 2.45. The van der Waals surface area contributed by atoms with Crippen LogP contribution in [0.3, 0.4) is 0 Å². The van der Waals surface area contributed by atoms with Crippen molar-refractivity contribution in [2.75, 3.05) is 6.61 Å². The maximum Gasteiger partial charge on any atom is 0.302 e. The van der Waals surface area contributed by atoms with Crippen LogP contribution in [0.15, 0.2) is 0 Å². The highest BCUT2D eigenvalue weighted by molar-refractivity contribution is 6.20. The number of carbonyl (C=O) groups is 1. The van der Waals surface area contributed by atoms with Crippen LogP contribution in [-0.4, -0.2) is 18.0 Å². The number of unbranched alkanes of at least 4 members (excludes halogenated alkanes) is 7. The van der Waals surface area contributed by atoms with Gasteiger partial charge in [-0.2, -0.15) is 0 Å². The van der Waals surface area contributed by atoms with Crippen molar-refractivity contribution in [2.45, 2.75) is 89.9 Å². The van der Waals surface area contributed by atoms with Crippen LogP contribution in [0.2, 0.25) is 0 Å². The maximum absolute atomic E-state index is 10.5. The van der Waals surface area contributed by atoms with Gasteiger partial charge in [0.2, 0.25) is 0 Å². The molecule has 0 aliphatic carbocycles. The number of carbonyl (C=O) groups excluding carboxylic acids is 1. The Kier molecular flexibility index (Phi) is 14.0. The summed E-state index contributed by atoms with van der Waals surface area (Å²) in [6.45, 7) is 4.26. The number of rotatable bonds is 13. The van der Waals surface area contributed by atoms with E-state index in [0.29, 0.717) is 12.0 Å². The largest absolute Gasteiger partial charge is 0.466 e. The van der Waals surface area contributed by atoms with Crippen LogP contribution in [0, 0.1) is 0 Å². The van der Waals surface area contributed by atoms with Gasteiger partial charge in [0.05, 0.1) is 6.61 Å². The first kappa shape index (κ1) is 18.8. The summed E-state index contributed by atoms with van der Waals surface area (Å²) in [5.74, 6) is -0.168. The van der Waals surface area contributed by atoms with Gasteiger partial charge in [-0.25, -0.2) is 0 Å². The van der Waals surface area contributed by atoms with Crippen LogP contribution < -0.4 is 0 Å². The second-order valence-corrected chi connectivity index (χ2v) is 5.96. The Morgan fingerprint density at radius 2 is 1.47 bits per heavy atom. The molecule has 3 heteroatoms. The molecule has 0 fully saturated rings. The molecule has 0 saturated heterocycles. The predicted octanol–water partition coefficient (Wildman–Crippen LogP) is 5.47. The number of halogens is 1. The van der Waals surface area contributed by atoms with Gasteiger partial charge in [0.15, 0.2) is 0 Å². The zero-order valence-corrected chi connectivity index (χ0v) is 13.5. The first-order valence-electron chi connectivity index (χ1n) is 7.94. The molecule has 0 rings (SSSR count). The van der Waals surface area contributed by atoms with Crippen molar-refractivity contribution in [3.8, 4) is 0 Å². The quantitative estimate of drug-likeness (QED) is 0.255. The Bertz CT molecular complexity index is 207. The molecule has 0 N–H and O–H groups in total. The number of ether oxygens (including phenoxy) is 1. The highest BCUT2D eigenvalue weighted by atomic mass is 35.5. The molecule has 114 valence electrons. The summed E-state index contributed by atoms with van der Waals surface area (Å²) in [7, 11) is 0. The molecule has 0 aromatic carbocycles. The van der Waals surface area contributed by atoms with Crippen molar-refractivity contribution in [3.05, 3.63) is 0 Å². The normalized spacial score (nSPS) is 12.4. The smallest absolute Gasteiger partial charge is 0.302 e. The predicted molar refractivity (Wildman–Crippen MR) is 82.7 cm³/mol. The summed E-state index contributed by atoms with van der Waals surface area (Å²) in [4.78, 5) is 10.5. The monoisotopic (exact) mass is 290 g/mol. The van der Waals surface area contributed by atoms with Crippen LogP contribution in [0.1, 0.15) is 84.5 Å². The van der Waals surface area contributed by atoms with E-state index in [4.69, 9.17) is 16.3 Å². The lowest BCUT2D eigenvalue weighted by Crippen LogP contribution is -2.00. The van der Waals surface area contributed by atoms with Gasteiger partial charge in [0.25, 0.3) is 0 Å². The van der Waals surface area contributed by atoms with Crippen LogP contribution in [-0.2, 0) is 9.53 Å². The van der Waals surface area contributed by atoms with Gasteiger partial charge < -0.3 is 4.74 Å². The highest BCUT2D eigenvalue weighted by Gasteiger charge is 2.03. The summed E-state index contributed by atoms with van der Waals surface area (Å²) in [5, 5.41) is 0.392. The van der Waals surface area contributed by atoms with Gasteiger partial charge in [-0.15, -0.1) is 11.6 Å². The number of hydrogen-bond donors (Lipinski definition) is 0. The van der Waals surface area contributed by atoms with Gasteiger partial charge in [-0.05, 0) is 19.3 Å². The number of esters is 1. The Balaban J connectivity index is 3.08. The lowest BCUT2D eigenvalue weighted by molar-refractivity contribution is -0.141. The average Bonchev–Trinajstić information content (AvgIpc) is 2.38. The molecule has 0 bridgehead atoms. The van der Waals surface area contributed by atoms with E-state index in [0.717, 1.165) is 6.42 Å². The van der Waals surface area contributed by atoms with Crippen molar-refractivity contribution < 1.29 is 9.53 Å². The van der Waals surface area contributed by atoms with Crippen LogP contribution in [0.4, 0.5) is 0 Å². The molecule has 1 atom stereocenters. The van der Waals surface area contributed by atoms with Gasteiger partial charge in [0.1, 0.15) is 0 Å². The molecule has 0 aromatic heterocycles. The van der Waals surface area contributed by atoms with Gasteiger partial charge in [0, 0.05) is 12.3 Å². The summed E-state index contributed by atoms with van der Waals surface area (Å²) >= 11 is 6.24. The second-order valence-electron chi connectivity index (χ2n) is 5.34. The SMILES string of the molecule is CCCCC(Cl)CCCCCCCCCOC(C)=O. The Morgan fingerprint density at radius 1 is 0.947 bits per heavy atom. The zero-order valence-electron chi connectivity index (χ0n) is 12.8. The van der Waals surface area contributed by atoms with Crippen molar-refractivity contribution >= 4 is 17.6 Å². The molecule has 0 aliphatic rings. The molecule has 2 nitrogen and oxygen atoms in total. The summed E-state index contributed by atoms with van der Waals surface area (Å²) < 4.78 is 4.89. The number of hydrogen-bond acceptors (Lipinski definition) is 2. The summed E-state index contributed by atoms with van der Waals surface area (Å²) in [6.07, 6.45) is 13.5. The van der Waals surface area contributed by atoms with Crippen LogP contribution >= 0.6 is 11.6 Å². The Hall–Kier alpha value is -0.240. The maximum atomic E-state index is 10.5. The minimum atomic E-state index is -0.168. The topological polar surface area (TPSA) is 26.3 Å². The first-order chi connectivity index (χ1) is 9.16. The molecule has 0 aliphatic heterocycles. The van der Waals surface area contributed by atoms with Crippen LogP contribution in [0.25, 0.3) is 0 Å². The Labute approximate surface area is 124 Å². The van der Waals surface area contributed by atoms with Crippen molar-refractivity contribution in [1.82, 2.24) is 0 Å². The summed E-state index contributed by atoms with van der Waals surface area (Å²) in [6, 6.07) is 0. The molecule has 19 heavy (non-hydrogen) atoms. The molecule has 0 radical (unpaired) electrons. The van der Waals surface area contributed by atoms with E-state index >= 15 is 0 Å². The molecule has 0 amide bonds. The minimum Gasteiger partial charge on any atom is -0.466 e. The highest BCUT2D eigenvalue weighted by Crippen LogP contribution is 2.16. The van der Waals surface area contributed by atoms with E-state index in [1.807, 2.05) is 0 Å². The molecule has 1 unspecified atom stereocenters. The van der Waals surface area contributed by atoms with Crippen molar-refractivity contribution in [3.63, 3.8) is 0 Å². The zero-order chi connectivity index (χ0) is 14.3. The van der Waals surface area contributed by atoms with Crippen molar-refractivity contribution in [2.24, 2.45) is 0 Å². The Morgan fingerprint density at radius 3 is 2.05 bits per heavy atom. The minimum absolute atomic E-state index is 0.168. The van der Waals surface area contributed by atoms with Crippen molar-refractivity contribution in [1.29, 1.82) is 0 Å². The van der Waals surface area contributed by atoms with Crippen LogP contribution in [0.5, 0.6) is 0 Å².